The van der Waals surface area contributed by atoms with E-state index in [1.165, 1.54) is 11.0 Å². The predicted molar refractivity (Wildman–Crippen MR) is 142 cm³/mol. The molecule has 0 saturated carbocycles. The second kappa shape index (κ2) is 8.34. The van der Waals surface area contributed by atoms with Crippen LogP contribution in [0.4, 0.5) is 5.69 Å². The summed E-state index contributed by atoms with van der Waals surface area (Å²) in [4.78, 5) is 46.9. The first-order valence-corrected chi connectivity index (χ1v) is 13.2. The van der Waals surface area contributed by atoms with Crippen molar-refractivity contribution in [3.05, 3.63) is 69.9 Å². The van der Waals surface area contributed by atoms with Gasteiger partial charge in [0, 0.05) is 35.0 Å². The molecule has 0 radical (unpaired) electrons. The summed E-state index contributed by atoms with van der Waals surface area (Å²) in [6.45, 7) is 8.12. The second-order valence-electron chi connectivity index (χ2n) is 11.4. The lowest BCUT2D eigenvalue weighted by Gasteiger charge is -2.32. The van der Waals surface area contributed by atoms with Crippen LogP contribution in [0.3, 0.4) is 0 Å². The van der Waals surface area contributed by atoms with Crippen LogP contribution in [0, 0.1) is 30.1 Å². The highest BCUT2D eigenvalue weighted by Gasteiger charge is 2.73. The van der Waals surface area contributed by atoms with Crippen molar-refractivity contribution in [2.75, 3.05) is 4.90 Å². The molecular formula is C30H30N4O4. The van der Waals surface area contributed by atoms with Gasteiger partial charge in [0.25, 0.3) is 5.56 Å². The van der Waals surface area contributed by atoms with Crippen LogP contribution < -0.4 is 10.5 Å². The van der Waals surface area contributed by atoms with Crippen molar-refractivity contribution in [2.45, 2.75) is 70.6 Å². The van der Waals surface area contributed by atoms with Crippen LogP contribution in [0.15, 0.2) is 47.3 Å². The number of nitrogens with zero attached hydrogens (tertiary/aromatic N) is 4. The van der Waals surface area contributed by atoms with Crippen LogP contribution in [0.2, 0.25) is 0 Å². The van der Waals surface area contributed by atoms with Gasteiger partial charge in [0.15, 0.2) is 0 Å². The molecule has 8 nitrogen and oxygen atoms in total. The second-order valence-corrected chi connectivity index (χ2v) is 11.4. The van der Waals surface area contributed by atoms with Crippen LogP contribution in [-0.2, 0) is 20.9 Å². The standard InChI is InChI=1S/C30H30N4O4/c1-17(2)26-32-18(3)15-23(35)33(26)14-13-30-12-11-29(4,38-30)24-25(30)28(37)34(27(24)36)22-10-9-19(16-31)20-7-5-6-8-21(20)22/h5-10,15,17,24-25H,11-14H2,1-4H3. The van der Waals surface area contributed by atoms with Gasteiger partial charge < -0.3 is 4.74 Å². The number of imide groups is 1. The highest BCUT2D eigenvalue weighted by Crippen LogP contribution is 2.62. The Kier molecular flexibility index (Phi) is 5.38. The van der Waals surface area contributed by atoms with Gasteiger partial charge in [-0.25, -0.2) is 9.88 Å². The molecule has 8 heteroatoms. The molecule has 3 fully saturated rings. The van der Waals surface area contributed by atoms with Gasteiger partial charge in [0.1, 0.15) is 5.82 Å². The Bertz CT molecular complexity index is 1620. The summed E-state index contributed by atoms with van der Waals surface area (Å²) in [6, 6.07) is 14.4. The number of ether oxygens (including phenoxy) is 1. The minimum Gasteiger partial charge on any atom is -0.367 e. The molecule has 2 aromatic carbocycles. The maximum atomic E-state index is 14.1. The topological polar surface area (TPSA) is 105 Å². The van der Waals surface area contributed by atoms with Crippen molar-refractivity contribution in [3.63, 3.8) is 0 Å². The maximum absolute atomic E-state index is 14.1. The first-order valence-electron chi connectivity index (χ1n) is 13.2. The zero-order valence-electron chi connectivity index (χ0n) is 22.0. The summed E-state index contributed by atoms with van der Waals surface area (Å²) >= 11 is 0. The van der Waals surface area contributed by atoms with Crippen molar-refractivity contribution in [1.82, 2.24) is 9.55 Å². The molecular weight excluding hydrogens is 480 g/mol. The third-order valence-corrected chi connectivity index (χ3v) is 8.72. The lowest BCUT2D eigenvalue weighted by molar-refractivity contribution is -0.130. The minimum atomic E-state index is -0.831. The first kappa shape index (κ1) is 24.5. The van der Waals surface area contributed by atoms with E-state index in [2.05, 4.69) is 11.1 Å². The van der Waals surface area contributed by atoms with Crippen molar-refractivity contribution in [3.8, 4) is 6.07 Å². The Labute approximate surface area is 220 Å². The number of hydrogen-bond acceptors (Lipinski definition) is 6. The van der Waals surface area contributed by atoms with Crippen LogP contribution in [-0.4, -0.2) is 32.6 Å². The van der Waals surface area contributed by atoms with E-state index in [1.54, 1.807) is 16.7 Å². The molecule has 2 amide bonds. The van der Waals surface area contributed by atoms with Crippen LogP contribution in [0.25, 0.3) is 10.8 Å². The molecule has 3 aliphatic rings. The normalized spacial score (nSPS) is 27.9. The number of anilines is 1. The zero-order valence-corrected chi connectivity index (χ0v) is 22.0. The molecule has 3 saturated heterocycles. The number of nitriles is 1. The van der Waals surface area contributed by atoms with E-state index in [9.17, 15) is 19.6 Å². The number of benzene rings is 2. The van der Waals surface area contributed by atoms with Crippen molar-refractivity contribution in [2.24, 2.45) is 11.8 Å². The quantitative estimate of drug-likeness (QED) is 0.476. The molecule has 0 aliphatic carbocycles. The third kappa shape index (κ3) is 3.31. The minimum absolute atomic E-state index is 0.0565. The number of carbonyl (C=O) groups excluding carboxylic acids is 2. The molecule has 4 heterocycles. The van der Waals surface area contributed by atoms with Gasteiger partial charge in [-0.15, -0.1) is 0 Å². The van der Waals surface area contributed by atoms with Gasteiger partial charge in [-0.2, -0.15) is 5.26 Å². The Morgan fingerprint density at radius 3 is 2.50 bits per heavy atom. The van der Waals surface area contributed by atoms with E-state index in [0.29, 0.717) is 59.3 Å². The number of aromatic nitrogens is 2. The van der Waals surface area contributed by atoms with E-state index in [4.69, 9.17) is 4.74 Å². The third-order valence-electron chi connectivity index (χ3n) is 8.72. The average Bonchev–Trinajstić information content (AvgIpc) is 3.46. The van der Waals surface area contributed by atoms with E-state index >= 15 is 0 Å². The van der Waals surface area contributed by atoms with Gasteiger partial charge >= 0.3 is 0 Å². The van der Waals surface area contributed by atoms with Gasteiger partial charge in [-0.1, -0.05) is 38.1 Å². The van der Waals surface area contributed by atoms with Gasteiger partial charge in [0.05, 0.1) is 40.4 Å². The zero-order chi connectivity index (χ0) is 27.0. The highest BCUT2D eigenvalue weighted by atomic mass is 16.5. The number of fused-ring (bicyclic) bond motifs is 6. The van der Waals surface area contributed by atoms with Crippen LogP contribution >= 0.6 is 0 Å². The lowest BCUT2D eigenvalue weighted by atomic mass is 9.67. The number of carbonyl (C=O) groups is 2. The Balaban J connectivity index is 1.39. The summed E-state index contributed by atoms with van der Waals surface area (Å²) in [5.41, 5.74) is -0.0156. The molecule has 4 unspecified atom stereocenters. The van der Waals surface area contributed by atoms with Crippen LogP contribution in [0.5, 0.6) is 0 Å². The molecule has 194 valence electrons. The smallest absolute Gasteiger partial charge is 0.253 e. The first-order chi connectivity index (χ1) is 18.1. The molecule has 0 N–H and O–H groups in total. The maximum Gasteiger partial charge on any atom is 0.253 e. The molecule has 6 rings (SSSR count). The monoisotopic (exact) mass is 510 g/mol. The Hall–Kier alpha value is -3.83. The number of amides is 2. The van der Waals surface area contributed by atoms with Crippen LogP contribution in [0.1, 0.15) is 63.0 Å². The fraction of sp³-hybridized carbons (Fsp3) is 0.433. The van der Waals surface area contributed by atoms with Gasteiger partial charge in [-0.3, -0.25) is 19.0 Å². The van der Waals surface area contributed by atoms with Gasteiger partial charge in [0.2, 0.25) is 11.8 Å². The van der Waals surface area contributed by atoms with Gasteiger partial charge in [-0.05, 0) is 45.2 Å². The lowest BCUT2D eigenvalue weighted by Crippen LogP contribution is -2.43. The number of aryl methyl sites for hydroxylation is 1. The fourth-order valence-corrected chi connectivity index (χ4v) is 7.03. The van der Waals surface area contributed by atoms with E-state index in [-0.39, 0.29) is 23.3 Å². The molecule has 2 bridgehead atoms. The summed E-state index contributed by atoms with van der Waals surface area (Å²) in [5.74, 6) is -0.967. The molecule has 0 spiro atoms. The summed E-state index contributed by atoms with van der Waals surface area (Å²) in [7, 11) is 0. The number of rotatable bonds is 5. The summed E-state index contributed by atoms with van der Waals surface area (Å²) in [5, 5.41) is 11.0. The SMILES string of the molecule is Cc1cc(=O)n(CCC23CCC(C)(O2)C2C(=O)N(c4ccc(C#N)c5ccccc45)C(=O)C23)c(C(C)C)n1. The Morgan fingerprint density at radius 1 is 1.08 bits per heavy atom. The van der Waals surface area contributed by atoms with Crippen molar-refractivity contribution < 1.29 is 14.3 Å². The molecule has 3 aliphatic heterocycles. The fourth-order valence-electron chi connectivity index (χ4n) is 7.03. The highest BCUT2D eigenvalue weighted by molar-refractivity contribution is 6.26. The number of hydrogen-bond donors (Lipinski definition) is 0. The summed E-state index contributed by atoms with van der Waals surface area (Å²) in [6.07, 6.45) is 1.76. The van der Waals surface area contributed by atoms with E-state index in [1.807, 2.05) is 52.0 Å². The van der Waals surface area contributed by atoms with E-state index < -0.39 is 23.0 Å². The average molecular weight is 511 g/mol. The molecule has 1 aromatic heterocycles. The van der Waals surface area contributed by atoms with Crippen molar-refractivity contribution in [1.29, 1.82) is 5.26 Å². The molecule has 38 heavy (non-hydrogen) atoms. The molecule has 4 atom stereocenters. The largest absolute Gasteiger partial charge is 0.367 e. The van der Waals surface area contributed by atoms with E-state index in [0.717, 1.165) is 0 Å². The summed E-state index contributed by atoms with van der Waals surface area (Å²) < 4.78 is 8.29. The predicted octanol–water partition coefficient (Wildman–Crippen LogP) is 4.22. The van der Waals surface area contributed by atoms with Crippen molar-refractivity contribution >= 4 is 28.3 Å². The Morgan fingerprint density at radius 2 is 1.79 bits per heavy atom. The molecule has 3 aromatic rings.